The Morgan fingerprint density at radius 3 is 2.25 bits per heavy atom. The molecule has 28 heavy (non-hydrogen) atoms. The zero-order chi connectivity index (χ0) is 21.1. The molecule has 1 heterocycles. The molecule has 1 saturated heterocycles. The van der Waals surface area contributed by atoms with E-state index >= 15 is 0 Å². The van der Waals surface area contributed by atoms with E-state index < -0.39 is 17.7 Å². The molecule has 6 heteroatoms. The third kappa shape index (κ3) is 5.95. The Balaban J connectivity index is 2.47. The molecule has 0 aromatic heterocycles. The van der Waals surface area contributed by atoms with Crippen molar-refractivity contribution in [3.8, 4) is 0 Å². The Morgan fingerprint density at radius 2 is 1.75 bits per heavy atom. The second-order valence-electron chi connectivity index (χ2n) is 9.90. The first-order valence-corrected chi connectivity index (χ1v) is 10.9. The van der Waals surface area contributed by atoms with Gasteiger partial charge in [0.2, 0.25) is 5.96 Å². The fourth-order valence-electron chi connectivity index (χ4n) is 3.89. The van der Waals surface area contributed by atoms with Crippen LogP contribution in [0.3, 0.4) is 0 Å². The molecule has 0 radical (unpaired) electrons. The van der Waals surface area contributed by atoms with Crippen LogP contribution in [0.1, 0.15) is 87.0 Å². The van der Waals surface area contributed by atoms with Crippen LogP contribution in [0.4, 0.5) is 4.79 Å². The van der Waals surface area contributed by atoms with E-state index in [0.717, 1.165) is 12.8 Å². The van der Waals surface area contributed by atoms with Crippen molar-refractivity contribution in [2.45, 2.75) is 111 Å². The molecule has 0 bridgehead atoms. The molecular weight excluding hydrogens is 354 g/mol. The van der Waals surface area contributed by atoms with Gasteiger partial charge in [-0.1, -0.05) is 33.1 Å². The largest absolute Gasteiger partial charge is 0.443 e. The lowest BCUT2D eigenvalue weighted by atomic mass is 9.95. The summed E-state index contributed by atoms with van der Waals surface area (Å²) in [4.78, 5) is 34.8. The van der Waals surface area contributed by atoms with Gasteiger partial charge < -0.3 is 9.64 Å². The molecule has 0 N–H and O–H groups in total. The number of rotatable bonds is 4. The van der Waals surface area contributed by atoms with Crippen molar-refractivity contribution in [1.29, 1.82) is 0 Å². The number of guanidine groups is 1. The molecule has 6 nitrogen and oxygen atoms in total. The standard InChI is InChI=1S/C22H39N3O3/c1-15(2)13-18-19(26)14-24(16(3)4)20(23-17-11-9-8-10-12-17)25(18)21(27)28-22(5,6)7/h15-18H,8-14H2,1-7H3/t18-/m0/s1. The lowest BCUT2D eigenvalue weighted by Gasteiger charge is -2.44. The van der Waals surface area contributed by atoms with Gasteiger partial charge >= 0.3 is 6.09 Å². The van der Waals surface area contributed by atoms with E-state index in [1.165, 1.54) is 19.3 Å². The Hall–Kier alpha value is -1.59. The van der Waals surface area contributed by atoms with Crippen LogP contribution in [0.15, 0.2) is 4.99 Å². The second kappa shape index (κ2) is 9.27. The van der Waals surface area contributed by atoms with Crippen LogP contribution in [0, 0.1) is 5.92 Å². The molecule has 1 aliphatic heterocycles. The highest BCUT2D eigenvalue weighted by atomic mass is 16.6. The van der Waals surface area contributed by atoms with E-state index in [-0.39, 0.29) is 17.9 Å². The van der Waals surface area contributed by atoms with Gasteiger partial charge in [0.05, 0.1) is 12.6 Å². The van der Waals surface area contributed by atoms with Crippen molar-refractivity contribution < 1.29 is 14.3 Å². The minimum atomic E-state index is -0.626. The summed E-state index contributed by atoms with van der Waals surface area (Å²) < 4.78 is 5.71. The third-order valence-corrected chi connectivity index (χ3v) is 5.26. The quantitative estimate of drug-likeness (QED) is 0.699. The lowest BCUT2D eigenvalue weighted by Crippen LogP contribution is -2.64. The van der Waals surface area contributed by atoms with Gasteiger partial charge in [0.1, 0.15) is 11.6 Å². The van der Waals surface area contributed by atoms with Crippen molar-refractivity contribution in [2.24, 2.45) is 10.9 Å². The third-order valence-electron chi connectivity index (χ3n) is 5.26. The van der Waals surface area contributed by atoms with Crippen LogP contribution in [-0.2, 0) is 9.53 Å². The van der Waals surface area contributed by atoms with Gasteiger partial charge in [-0.05, 0) is 59.8 Å². The van der Waals surface area contributed by atoms with Crippen molar-refractivity contribution >= 4 is 17.8 Å². The van der Waals surface area contributed by atoms with Crippen LogP contribution < -0.4 is 0 Å². The van der Waals surface area contributed by atoms with Gasteiger partial charge in [-0.25, -0.2) is 14.7 Å². The maximum Gasteiger partial charge on any atom is 0.417 e. The molecule has 0 spiro atoms. The molecular formula is C22H39N3O3. The summed E-state index contributed by atoms with van der Waals surface area (Å²) in [6, 6.07) is -0.216. The number of aliphatic imine (C=N–C) groups is 1. The molecule has 1 atom stereocenters. The summed E-state index contributed by atoms with van der Waals surface area (Å²) >= 11 is 0. The number of carbonyl (C=O) groups excluding carboxylic acids is 2. The lowest BCUT2D eigenvalue weighted by molar-refractivity contribution is -0.126. The number of ether oxygens (including phenoxy) is 1. The number of hydrogen-bond donors (Lipinski definition) is 0. The van der Waals surface area contributed by atoms with E-state index in [1.807, 2.05) is 39.5 Å². The molecule has 0 aromatic rings. The number of nitrogens with zero attached hydrogens (tertiary/aromatic N) is 3. The van der Waals surface area contributed by atoms with Crippen LogP contribution >= 0.6 is 0 Å². The molecule has 1 aliphatic carbocycles. The molecule has 0 aromatic carbocycles. The maximum atomic E-state index is 13.2. The predicted octanol–water partition coefficient (Wildman–Crippen LogP) is 4.62. The molecule has 2 rings (SSSR count). The molecule has 160 valence electrons. The first kappa shape index (κ1) is 22.7. The van der Waals surface area contributed by atoms with Crippen LogP contribution in [0.2, 0.25) is 0 Å². The van der Waals surface area contributed by atoms with Crippen LogP contribution in [-0.4, -0.2) is 57.9 Å². The average Bonchev–Trinajstić information content (AvgIpc) is 2.56. The topological polar surface area (TPSA) is 62.2 Å². The van der Waals surface area contributed by atoms with Crippen molar-refractivity contribution in [3.05, 3.63) is 0 Å². The number of ketones is 1. The fourth-order valence-corrected chi connectivity index (χ4v) is 3.89. The Bertz CT molecular complexity index is 586. The predicted molar refractivity (Wildman–Crippen MR) is 112 cm³/mol. The first-order chi connectivity index (χ1) is 13.0. The average molecular weight is 394 g/mol. The van der Waals surface area contributed by atoms with E-state index in [2.05, 4.69) is 13.8 Å². The normalized spacial score (nSPS) is 23.8. The van der Waals surface area contributed by atoms with Gasteiger partial charge in [0.25, 0.3) is 0 Å². The van der Waals surface area contributed by atoms with Gasteiger partial charge in [0, 0.05) is 6.04 Å². The van der Waals surface area contributed by atoms with Gasteiger partial charge in [-0.3, -0.25) is 4.79 Å². The number of amides is 1. The summed E-state index contributed by atoms with van der Waals surface area (Å²) in [5.74, 6) is 0.984. The van der Waals surface area contributed by atoms with Gasteiger partial charge in [0.15, 0.2) is 5.78 Å². The minimum absolute atomic E-state index is 0.0656. The molecule has 0 unspecified atom stereocenters. The first-order valence-electron chi connectivity index (χ1n) is 10.9. The fraction of sp³-hybridized carbons (Fsp3) is 0.864. The van der Waals surface area contributed by atoms with E-state index in [1.54, 1.807) is 4.90 Å². The maximum absolute atomic E-state index is 13.2. The van der Waals surface area contributed by atoms with Gasteiger partial charge in [-0.2, -0.15) is 0 Å². The summed E-state index contributed by atoms with van der Waals surface area (Å²) in [7, 11) is 0. The number of Topliss-reactive ketones (excluding diaryl/α,β-unsaturated/α-hetero) is 1. The SMILES string of the molecule is CC(C)C[C@H]1C(=O)CN(C(C)C)C(=NC2CCCCC2)N1C(=O)OC(C)(C)C. The Labute approximate surface area is 170 Å². The highest BCUT2D eigenvalue weighted by Gasteiger charge is 2.44. The zero-order valence-electron chi connectivity index (χ0n) is 18.8. The number of hydrogen-bond acceptors (Lipinski definition) is 4. The van der Waals surface area contributed by atoms with Crippen LogP contribution in [0.5, 0.6) is 0 Å². The molecule has 1 saturated carbocycles. The van der Waals surface area contributed by atoms with Crippen molar-refractivity contribution in [2.75, 3.05) is 6.54 Å². The van der Waals surface area contributed by atoms with E-state index in [9.17, 15) is 9.59 Å². The highest BCUT2D eigenvalue weighted by molar-refractivity contribution is 6.05. The summed E-state index contributed by atoms with van der Waals surface area (Å²) in [6.45, 7) is 14.1. The Kier molecular flexibility index (Phi) is 7.52. The monoisotopic (exact) mass is 393 g/mol. The minimum Gasteiger partial charge on any atom is -0.443 e. The number of carbonyl (C=O) groups is 2. The van der Waals surface area contributed by atoms with Gasteiger partial charge in [-0.15, -0.1) is 0 Å². The van der Waals surface area contributed by atoms with Crippen molar-refractivity contribution in [3.63, 3.8) is 0 Å². The summed E-state index contributed by atoms with van der Waals surface area (Å²) in [6.07, 6.45) is 5.83. The highest BCUT2D eigenvalue weighted by Crippen LogP contribution is 2.27. The summed E-state index contributed by atoms with van der Waals surface area (Å²) in [5, 5.41) is 0. The molecule has 2 aliphatic rings. The smallest absolute Gasteiger partial charge is 0.417 e. The Morgan fingerprint density at radius 1 is 1.14 bits per heavy atom. The second-order valence-corrected chi connectivity index (χ2v) is 9.90. The zero-order valence-corrected chi connectivity index (χ0v) is 18.8. The van der Waals surface area contributed by atoms with Crippen LogP contribution in [0.25, 0.3) is 0 Å². The van der Waals surface area contributed by atoms with Crippen molar-refractivity contribution in [1.82, 2.24) is 9.80 Å². The summed E-state index contributed by atoms with van der Waals surface area (Å²) in [5.41, 5.74) is -0.626. The van der Waals surface area contributed by atoms with E-state index in [0.29, 0.717) is 24.8 Å². The molecule has 2 fully saturated rings. The molecule has 1 amide bonds. The van der Waals surface area contributed by atoms with E-state index in [4.69, 9.17) is 9.73 Å².